The molecule has 6 nitrogen and oxygen atoms in total. The number of quaternary nitrogens is 1. The SMILES string of the molecule is C=CCNC(=O)C(=O)NC[C@@H](c1ccc(N(C)C)cc1)[NH+]1CCCC1. The summed E-state index contributed by atoms with van der Waals surface area (Å²) in [6.45, 7) is 6.46. The number of nitrogens with one attached hydrogen (secondary N) is 3. The Balaban J connectivity index is 2.04. The van der Waals surface area contributed by atoms with Gasteiger partial charge in [-0.2, -0.15) is 0 Å². The van der Waals surface area contributed by atoms with E-state index in [-0.39, 0.29) is 6.04 Å². The molecule has 0 spiro atoms. The lowest BCUT2D eigenvalue weighted by Gasteiger charge is -2.25. The summed E-state index contributed by atoms with van der Waals surface area (Å²) in [6, 6.07) is 8.59. The van der Waals surface area contributed by atoms with E-state index in [1.807, 2.05) is 14.1 Å². The lowest BCUT2D eigenvalue weighted by atomic mass is 10.0. The summed E-state index contributed by atoms with van der Waals surface area (Å²) in [6.07, 6.45) is 3.96. The Kier molecular flexibility index (Phi) is 7.01. The Morgan fingerprint density at radius 3 is 2.32 bits per heavy atom. The first-order valence-electron chi connectivity index (χ1n) is 8.81. The maximum absolute atomic E-state index is 12.0. The third-order valence-electron chi connectivity index (χ3n) is 4.63. The molecule has 1 atom stereocenters. The van der Waals surface area contributed by atoms with E-state index in [2.05, 4.69) is 46.4 Å². The number of nitrogens with zero attached hydrogens (tertiary/aromatic N) is 1. The molecule has 0 saturated carbocycles. The van der Waals surface area contributed by atoms with Crippen molar-refractivity contribution in [1.29, 1.82) is 0 Å². The molecular weight excluding hydrogens is 316 g/mol. The lowest BCUT2D eigenvalue weighted by molar-refractivity contribution is -0.918. The van der Waals surface area contributed by atoms with Gasteiger partial charge in [0.25, 0.3) is 0 Å². The number of carbonyl (C=O) groups excluding carboxylic acids is 2. The molecule has 3 N–H and O–H groups in total. The Morgan fingerprint density at radius 1 is 1.16 bits per heavy atom. The van der Waals surface area contributed by atoms with Crippen LogP contribution in [0.5, 0.6) is 0 Å². The second-order valence-electron chi connectivity index (χ2n) is 6.61. The van der Waals surface area contributed by atoms with E-state index in [4.69, 9.17) is 0 Å². The highest BCUT2D eigenvalue weighted by Crippen LogP contribution is 2.17. The zero-order chi connectivity index (χ0) is 18.2. The van der Waals surface area contributed by atoms with Crippen LogP contribution in [-0.2, 0) is 9.59 Å². The summed E-state index contributed by atoms with van der Waals surface area (Å²) in [5.74, 6) is -1.20. The predicted octanol–water partition coefficient (Wildman–Crippen LogP) is -0.109. The zero-order valence-corrected chi connectivity index (χ0v) is 15.2. The van der Waals surface area contributed by atoms with Gasteiger partial charge in [0.15, 0.2) is 0 Å². The first kappa shape index (κ1) is 19.0. The maximum Gasteiger partial charge on any atom is 0.309 e. The van der Waals surface area contributed by atoms with Crippen molar-refractivity contribution >= 4 is 17.5 Å². The highest BCUT2D eigenvalue weighted by atomic mass is 16.2. The third-order valence-corrected chi connectivity index (χ3v) is 4.63. The molecule has 0 bridgehead atoms. The van der Waals surface area contributed by atoms with E-state index in [1.165, 1.54) is 23.3 Å². The van der Waals surface area contributed by atoms with Gasteiger partial charge in [-0.15, -0.1) is 6.58 Å². The number of hydrogen-bond donors (Lipinski definition) is 3. The molecular formula is C19H29N4O2+. The lowest BCUT2D eigenvalue weighted by Crippen LogP contribution is -3.11. The molecule has 1 saturated heterocycles. The van der Waals surface area contributed by atoms with Gasteiger partial charge in [0.05, 0.1) is 19.6 Å². The first-order chi connectivity index (χ1) is 12.0. The summed E-state index contributed by atoms with van der Waals surface area (Å²) in [5.41, 5.74) is 2.33. The van der Waals surface area contributed by atoms with Crippen molar-refractivity contribution in [3.05, 3.63) is 42.5 Å². The van der Waals surface area contributed by atoms with Crippen molar-refractivity contribution in [2.75, 3.05) is 45.2 Å². The Hall–Kier alpha value is -2.34. The number of benzene rings is 1. The van der Waals surface area contributed by atoms with Crippen LogP contribution in [0.15, 0.2) is 36.9 Å². The van der Waals surface area contributed by atoms with Gasteiger partial charge in [-0.3, -0.25) is 9.59 Å². The van der Waals surface area contributed by atoms with Crippen LogP contribution in [0.1, 0.15) is 24.4 Å². The molecule has 25 heavy (non-hydrogen) atoms. The van der Waals surface area contributed by atoms with Gasteiger partial charge in [-0.25, -0.2) is 0 Å². The van der Waals surface area contributed by atoms with Crippen molar-refractivity contribution in [3.8, 4) is 0 Å². The molecule has 6 heteroatoms. The molecule has 0 aliphatic carbocycles. The number of likely N-dealkylation sites (tertiary alicyclic amines) is 1. The molecule has 1 aliphatic rings. The minimum Gasteiger partial charge on any atom is -0.378 e. The maximum atomic E-state index is 12.0. The normalized spacial score (nSPS) is 15.4. The van der Waals surface area contributed by atoms with Crippen LogP contribution in [-0.4, -0.2) is 52.1 Å². The predicted molar refractivity (Wildman–Crippen MR) is 99.7 cm³/mol. The van der Waals surface area contributed by atoms with Crippen LogP contribution in [0, 0.1) is 0 Å². The Bertz CT molecular complexity index is 592. The fourth-order valence-corrected chi connectivity index (χ4v) is 3.20. The van der Waals surface area contributed by atoms with Gasteiger partial charge < -0.3 is 20.4 Å². The van der Waals surface area contributed by atoms with E-state index in [9.17, 15) is 9.59 Å². The zero-order valence-electron chi connectivity index (χ0n) is 15.2. The second kappa shape index (κ2) is 9.22. The topological polar surface area (TPSA) is 65.9 Å². The fourth-order valence-electron chi connectivity index (χ4n) is 3.20. The van der Waals surface area contributed by atoms with Gasteiger partial charge >= 0.3 is 11.8 Å². The van der Waals surface area contributed by atoms with Crippen LogP contribution in [0.2, 0.25) is 0 Å². The number of anilines is 1. The van der Waals surface area contributed by atoms with Crippen LogP contribution in [0.4, 0.5) is 5.69 Å². The standard InChI is InChI=1S/C19H28N4O2/c1-4-11-20-18(24)19(25)21-14-17(23-12-5-6-13-23)15-7-9-16(10-8-15)22(2)3/h4,7-10,17H,1,5-6,11-14H2,2-3H3,(H,20,24)(H,21,25)/p+1/t17-/m0/s1. The first-order valence-corrected chi connectivity index (χ1v) is 8.81. The Labute approximate surface area is 149 Å². The summed E-state index contributed by atoms with van der Waals surface area (Å²) in [4.78, 5) is 27.2. The average Bonchev–Trinajstić information content (AvgIpc) is 3.14. The van der Waals surface area contributed by atoms with Gasteiger partial charge in [0, 0.05) is 44.7 Å². The van der Waals surface area contributed by atoms with Crippen LogP contribution < -0.4 is 20.4 Å². The van der Waals surface area contributed by atoms with Crippen molar-refractivity contribution < 1.29 is 14.5 Å². The second-order valence-corrected chi connectivity index (χ2v) is 6.61. The molecule has 2 rings (SSSR count). The smallest absolute Gasteiger partial charge is 0.309 e. The highest BCUT2D eigenvalue weighted by Gasteiger charge is 2.28. The minimum atomic E-state index is -0.613. The van der Waals surface area contributed by atoms with E-state index in [1.54, 1.807) is 6.08 Å². The average molecular weight is 345 g/mol. The van der Waals surface area contributed by atoms with Crippen molar-refractivity contribution in [2.45, 2.75) is 18.9 Å². The van der Waals surface area contributed by atoms with E-state index in [0.717, 1.165) is 18.8 Å². The van der Waals surface area contributed by atoms with Crippen molar-refractivity contribution in [1.82, 2.24) is 10.6 Å². The molecule has 0 aromatic heterocycles. The third kappa shape index (κ3) is 5.32. The number of rotatable bonds is 7. The quantitative estimate of drug-likeness (QED) is 0.477. The van der Waals surface area contributed by atoms with Crippen molar-refractivity contribution in [3.63, 3.8) is 0 Å². The number of carbonyl (C=O) groups is 2. The summed E-state index contributed by atoms with van der Waals surface area (Å²) in [7, 11) is 4.03. The van der Waals surface area contributed by atoms with Gasteiger partial charge in [0.1, 0.15) is 6.04 Å². The molecule has 0 unspecified atom stereocenters. The fraction of sp³-hybridized carbons (Fsp3) is 0.474. The molecule has 136 valence electrons. The summed E-state index contributed by atoms with van der Waals surface area (Å²) in [5, 5.41) is 5.29. The van der Waals surface area contributed by atoms with Crippen LogP contribution in [0.3, 0.4) is 0 Å². The highest BCUT2D eigenvalue weighted by molar-refractivity contribution is 6.35. The molecule has 1 heterocycles. The number of amides is 2. The van der Waals surface area contributed by atoms with E-state index >= 15 is 0 Å². The largest absolute Gasteiger partial charge is 0.378 e. The van der Waals surface area contributed by atoms with E-state index < -0.39 is 11.8 Å². The molecule has 1 aromatic rings. The monoisotopic (exact) mass is 345 g/mol. The number of hydrogen-bond acceptors (Lipinski definition) is 3. The van der Waals surface area contributed by atoms with Crippen LogP contribution in [0.25, 0.3) is 0 Å². The minimum absolute atomic E-state index is 0.162. The van der Waals surface area contributed by atoms with Crippen molar-refractivity contribution in [2.24, 2.45) is 0 Å². The van der Waals surface area contributed by atoms with Crippen LogP contribution >= 0.6 is 0 Å². The molecule has 1 aromatic carbocycles. The molecule has 0 radical (unpaired) electrons. The summed E-state index contributed by atoms with van der Waals surface area (Å²) >= 11 is 0. The summed E-state index contributed by atoms with van der Waals surface area (Å²) < 4.78 is 0. The van der Waals surface area contributed by atoms with E-state index in [0.29, 0.717) is 13.1 Å². The van der Waals surface area contributed by atoms with Gasteiger partial charge in [-0.1, -0.05) is 18.2 Å². The van der Waals surface area contributed by atoms with Gasteiger partial charge in [-0.05, 0) is 12.1 Å². The molecule has 1 fully saturated rings. The molecule has 1 aliphatic heterocycles. The van der Waals surface area contributed by atoms with Gasteiger partial charge in [0.2, 0.25) is 0 Å². The molecule has 2 amide bonds. The Morgan fingerprint density at radius 2 is 1.76 bits per heavy atom.